The van der Waals surface area contributed by atoms with E-state index in [1.807, 2.05) is 24.3 Å². The third-order valence-electron chi connectivity index (χ3n) is 3.31. The van der Waals surface area contributed by atoms with Crippen molar-refractivity contribution in [1.29, 1.82) is 0 Å². The summed E-state index contributed by atoms with van der Waals surface area (Å²) in [7, 11) is 0. The number of amides is 1. The number of hydrogen-bond acceptors (Lipinski definition) is 4. The highest BCUT2D eigenvalue weighted by Crippen LogP contribution is 2.21. The number of hydrazone groups is 1. The van der Waals surface area contributed by atoms with Gasteiger partial charge in [0.15, 0.2) is 0 Å². The van der Waals surface area contributed by atoms with Crippen molar-refractivity contribution < 1.29 is 9.72 Å². The number of carbonyl (C=O) groups is 1. The standard InChI is InChI=1S/C16H14BrN3O3/c1-10-14(7-4-8-15(10)20(22)23)16(21)19-18-11(2)12-5-3-6-13(17)9-12/h3-9H,1-2H3,(H,19,21)/b18-11-. The lowest BCUT2D eigenvalue weighted by atomic mass is 10.1. The number of benzene rings is 2. The van der Waals surface area contributed by atoms with Gasteiger partial charge in [0, 0.05) is 16.1 Å². The molecule has 0 heterocycles. The second kappa shape index (κ2) is 7.15. The van der Waals surface area contributed by atoms with Crippen LogP contribution >= 0.6 is 15.9 Å². The first-order valence-corrected chi connectivity index (χ1v) is 7.54. The van der Waals surface area contributed by atoms with Crippen molar-refractivity contribution in [2.24, 2.45) is 5.10 Å². The Hall–Kier alpha value is -2.54. The number of nitro groups is 1. The molecular formula is C16H14BrN3O3. The van der Waals surface area contributed by atoms with E-state index in [2.05, 4.69) is 26.5 Å². The third kappa shape index (κ3) is 4.01. The number of hydrogen-bond donors (Lipinski definition) is 1. The van der Waals surface area contributed by atoms with Gasteiger partial charge in [-0.1, -0.05) is 34.1 Å². The van der Waals surface area contributed by atoms with Gasteiger partial charge in [-0.15, -0.1) is 0 Å². The Morgan fingerprint density at radius 3 is 2.61 bits per heavy atom. The van der Waals surface area contributed by atoms with E-state index < -0.39 is 10.8 Å². The molecule has 2 aromatic rings. The number of halogens is 1. The molecule has 0 saturated carbocycles. The minimum absolute atomic E-state index is 0.0923. The molecule has 2 aromatic carbocycles. The predicted molar refractivity (Wildman–Crippen MR) is 91.7 cm³/mol. The third-order valence-corrected chi connectivity index (χ3v) is 3.81. The quantitative estimate of drug-likeness (QED) is 0.500. The molecule has 1 N–H and O–H groups in total. The Bertz CT molecular complexity index is 803. The molecule has 118 valence electrons. The largest absolute Gasteiger partial charge is 0.273 e. The molecule has 0 aromatic heterocycles. The fourth-order valence-corrected chi connectivity index (χ4v) is 2.44. The van der Waals surface area contributed by atoms with E-state index >= 15 is 0 Å². The minimum Gasteiger partial charge on any atom is -0.267 e. The fraction of sp³-hybridized carbons (Fsp3) is 0.125. The summed E-state index contributed by atoms with van der Waals surface area (Å²) in [5.41, 5.74) is 4.36. The second-order valence-corrected chi connectivity index (χ2v) is 5.77. The van der Waals surface area contributed by atoms with Crippen LogP contribution in [0.2, 0.25) is 0 Å². The molecule has 6 nitrogen and oxygen atoms in total. The summed E-state index contributed by atoms with van der Waals surface area (Å²) < 4.78 is 0.908. The Labute approximate surface area is 141 Å². The van der Waals surface area contributed by atoms with Crippen LogP contribution in [0.5, 0.6) is 0 Å². The zero-order valence-electron chi connectivity index (χ0n) is 12.5. The van der Waals surface area contributed by atoms with Crippen LogP contribution in [0.15, 0.2) is 52.0 Å². The highest BCUT2D eigenvalue weighted by atomic mass is 79.9. The molecule has 23 heavy (non-hydrogen) atoms. The van der Waals surface area contributed by atoms with Crippen LogP contribution < -0.4 is 5.43 Å². The van der Waals surface area contributed by atoms with Gasteiger partial charge in [-0.05, 0) is 37.6 Å². The summed E-state index contributed by atoms with van der Waals surface area (Å²) in [6.45, 7) is 3.31. The number of nitro benzene ring substituents is 1. The van der Waals surface area contributed by atoms with Crippen molar-refractivity contribution in [3.63, 3.8) is 0 Å². The zero-order valence-corrected chi connectivity index (χ0v) is 14.1. The molecule has 0 atom stereocenters. The lowest BCUT2D eigenvalue weighted by Gasteiger charge is -2.06. The van der Waals surface area contributed by atoms with Gasteiger partial charge in [-0.2, -0.15) is 5.10 Å². The molecule has 0 aliphatic carbocycles. The van der Waals surface area contributed by atoms with Crippen LogP contribution in [0.3, 0.4) is 0 Å². The predicted octanol–water partition coefficient (Wildman–Crippen LogP) is 3.82. The average Bonchev–Trinajstić information content (AvgIpc) is 2.52. The van der Waals surface area contributed by atoms with E-state index in [4.69, 9.17) is 0 Å². The van der Waals surface area contributed by atoms with Gasteiger partial charge < -0.3 is 0 Å². The molecule has 0 bridgehead atoms. The number of carbonyl (C=O) groups excluding carboxylic acids is 1. The van der Waals surface area contributed by atoms with Crippen LogP contribution in [-0.2, 0) is 0 Å². The molecular weight excluding hydrogens is 362 g/mol. The van der Waals surface area contributed by atoms with Gasteiger partial charge in [-0.3, -0.25) is 14.9 Å². The zero-order chi connectivity index (χ0) is 17.0. The summed E-state index contributed by atoms with van der Waals surface area (Å²) in [4.78, 5) is 22.6. The average molecular weight is 376 g/mol. The van der Waals surface area contributed by atoms with Gasteiger partial charge in [0.05, 0.1) is 16.2 Å². The van der Waals surface area contributed by atoms with E-state index in [0.29, 0.717) is 11.3 Å². The van der Waals surface area contributed by atoms with Crippen molar-refractivity contribution in [2.75, 3.05) is 0 Å². The van der Waals surface area contributed by atoms with Gasteiger partial charge in [0.2, 0.25) is 0 Å². The first kappa shape index (κ1) is 16.8. The Kier molecular flexibility index (Phi) is 5.23. The molecule has 0 unspecified atom stereocenters. The normalized spacial score (nSPS) is 11.2. The maximum absolute atomic E-state index is 12.2. The molecule has 0 saturated heterocycles. The molecule has 0 fully saturated rings. The summed E-state index contributed by atoms with van der Waals surface area (Å²) in [5, 5.41) is 15.0. The van der Waals surface area contributed by atoms with Crippen molar-refractivity contribution in [2.45, 2.75) is 13.8 Å². The van der Waals surface area contributed by atoms with Crippen LogP contribution in [0.1, 0.15) is 28.4 Å². The van der Waals surface area contributed by atoms with Crippen molar-refractivity contribution in [3.8, 4) is 0 Å². The lowest BCUT2D eigenvalue weighted by Crippen LogP contribution is -2.20. The monoisotopic (exact) mass is 375 g/mol. The van der Waals surface area contributed by atoms with E-state index in [9.17, 15) is 14.9 Å². The topological polar surface area (TPSA) is 84.6 Å². The Morgan fingerprint density at radius 1 is 1.26 bits per heavy atom. The number of nitrogens with one attached hydrogen (secondary N) is 1. The van der Waals surface area contributed by atoms with Crippen molar-refractivity contribution in [3.05, 3.63) is 73.7 Å². The maximum atomic E-state index is 12.2. The SMILES string of the molecule is C/C(=N/NC(=O)c1cccc([N+](=O)[O-])c1C)c1cccc(Br)c1. The molecule has 1 amide bonds. The second-order valence-electron chi connectivity index (χ2n) is 4.86. The van der Waals surface area contributed by atoms with Gasteiger partial charge in [-0.25, -0.2) is 5.43 Å². The first-order chi connectivity index (χ1) is 10.9. The molecule has 0 radical (unpaired) electrons. The lowest BCUT2D eigenvalue weighted by molar-refractivity contribution is -0.385. The highest BCUT2D eigenvalue weighted by Gasteiger charge is 2.17. The molecule has 0 aliphatic rings. The Morgan fingerprint density at radius 2 is 1.96 bits per heavy atom. The maximum Gasteiger partial charge on any atom is 0.273 e. The van der Waals surface area contributed by atoms with Crippen LogP contribution in [0, 0.1) is 17.0 Å². The summed E-state index contributed by atoms with van der Waals surface area (Å²) in [6.07, 6.45) is 0. The molecule has 0 aliphatic heterocycles. The minimum atomic E-state index is -0.512. The molecule has 0 spiro atoms. The molecule has 2 rings (SSSR count). The number of rotatable bonds is 4. The highest BCUT2D eigenvalue weighted by molar-refractivity contribution is 9.10. The fourth-order valence-electron chi connectivity index (χ4n) is 2.04. The van der Waals surface area contributed by atoms with E-state index in [1.54, 1.807) is 6.92 Å². The first-order valence-electron chi connectivity index (χ1n) is 6.74. The van der Waals surface area contributed by atoms with Crippen LogP contribution in [0.25, 0.3) is 0 Å². The van der Waals surface area contributed by atoms with E-state index in [1.165, 1.54) is 25.1 Å². The molecule has 7 heteroatoms. The summed E-state index contributed by atoms with van der Waals surface area (Å²) >= 11 is 3.37. The summed E-state index contributed by atoms with van der Waals surface area (Å²) in [6, 6.07) is 11.9. The van der Waals surface area contributed by atoms with Gasteiger partial charge in [0.25, 0.3) is 11.6 Å². The number of nitrogens with zero attached hydrogens (tertiary/aromatic N) is 2. The summed E-state index contributed by atoms with van der Waals surface area (Å²) in [5.74, 6) is -0.486. The van der Waals surface area contributed by atoms with Crippen LogP contribution in [-0.4, -0.2) is 16.5 Å². The Balaban J connectivity index is 2.21. The van der Waals surface area contributed by atoms with Crippen LogP contribution in [0.4, 0.5) is 5.69 Å². The van der Waals surface area contributed by atoms with Crippen molar-refractivity contribution in [1.82, 2.24) is 5.43 Å². The van der Waals surface area contributed by atoms with Gasteiger partial charge >= 0.3 is 0 Å². The van der Waals surface area contributed by atoms with Gasteiger partial charge in [0.1, 0.15) is 0 Å². The smallest absolute Gasteiger partial charge is 0.267 e. The van der Waals surface area contributed by atoms with Crippen molar-refractivity contribution >= 4 is 33.2 Å². The van der Waals surface area contributed by atoms with E-state index in [0.717, 1.165) is 10.0 Å². The van der Waals surface area contributed by atoms with E-state index in [-0.39, 0.29) is 11.3 Å².